The Morgan fingerprint density at radius 2 is 1.96 bits per heavy atom. The fraction of sp³-hybridized carbons (Fsp3) is 0.389. The van der Waals surface area contributed by atoms with Crippen LogP contribution in [0.2, 0.25) is 0 Å². The zero-order chi connectivity index (χ0) is 17.8. The van der Waals surface area contributed by atoms with Gasteiger partial charge in [0, 0.05) is 25.2 Å². The van der Waals surface area contributed by atoms with Crippen LogP contribution in [0.4, 0.5) is 0 Å². The maximum absolute atomic E-state index is 12.2. The van der Waals surface area contributed by atoms with Crippen LogP contribution in [-0.4, -0.2) is 43.5 Å². The van der Waals surface area contributed by atoms with Crippen LogP contribution in [-0.2, 0) is 4.79 Å². The van der Waals surface area contributed by atoms with E-state index >= 15 is 0 Å². The lowest BCUT2D eigenvalue weighted by Gasteiger charge is -2.26. The van der Waals surface area contributed by atoms with Crippen molar-refractivity contribution in [2.75, 3.05) is 26.7 Å². The monoisotopic (exact) mass is 344 g/mol. The van der Waals surface area contributed by atoms with Crippen molar-refractivity contribution in [2.24, 2.45) is 0 Å². The summed E-state index contributed by atoms with van der Waals surface area (Å²) in [7, 11) is 1.50. The molecule has 0 bridgehead atoms. The van der Waals surface area contributed by atoms with Crippen LogP contribution in [0.15, 0.2) is 33.5 Å². The highest BCUT2D eigenvalue weighted by Crippen LogP contribution is 2.19. The number of piperidine rings is 1. The summed E-state index contributed by atoms with van der Waals surface area (Å²) in [5.74, 6) is -0.323. The summed E-state index contributed by atoms with van der Waals surface area (Å²) in [4.78, 5) is 38.2. The Kier molecular flexibility index (Phi) is 5.02. The molecule has 0 aliphatic carbocycles. The molecule has 7 heteroatoms. The molecule has 3 rings (SSSR count). The first-order valence-electron chi connectivity index (χ1n) is 8.26. The number of carbonyl (C=O) groups excluding carboxylic acids is 2. The highest BCUT2D eigenvalue weighted by atomic mass is 16.5. The number of nitrogens with one attached hydrogen (secondary N) is 1. The molecule has 1 N–H and O–H groups in total. The minimum Gasteiger partial charge on any atom is -0.497 e. The van der Waals surface area contributed by atoms with Gasteiger partial charge in [0.05, 0.1) is 19.0 Å². The molecule has 2 heterocycles. The van der Waals surface area contributed by atoms with Gasteiger partial charge >= 0.3 is 0 Å². The number of rotatable bonds is 4. The van der Waals surface area contributed by atoms with Gasteiger partial charge in [-0.2, -0.15) is 0 Å². The van der Waals surface area contributed by atoms with E-state index < -0.39 is 5.91 Å². The average Bonchev–Trinajstić information content (AvgIpc) is 2.65. The number of carbonyl (C=O) groups is 2. The molecule has 2 aromatic rings. The predicted octanol–water partition coefficient (Wildman–Crippen LogP) is 1.54. The topological polar surface area (TPSA) is 88.8 Å². The smallest absolute Gasteiger partial charge is 0.287 e. The van der Waals surface area contributed by atoms with E-state index in [0.717, 1.165) is 38.4 Å². The lowest BCUT2D eigenvalue weighted by Crippen LogP contribution is -2.42. The summed E-state index contributed by atoms with van der Waals surface area (Å²) in [6, 6.07) is 5.92. The SMILES string of the molecule is COc1ccc2c(=O)cc(C(=O)NCC(=O)N3CCCCC3)oc2c1. The van der Waals surface area contributed by atoms with Gasteiger partial charge in [-0.3, -0.25) is 14.4 Å². The van der Waals surface area contributed by atoms with E-state index in [4.69, 9.17) is 9.15 Å². The molecule has 2 amide bonds. The van der Waals surface area contributed by atoms with Crippen LogP contribution in [0.25, 0.3) is 11.0 Å². The Morgan fingerprint density at radius 3 is 2.68 bits per heavy atom. The van der Waals surface area contributed by atoms with Crippen molar-refractivity contribution < 1.29 is 18.7 Å². The number of fused-ring (bicyclic) bond motifs is 1. The number of ether oxygens (including phenoxy) is 1. The van der Waals surface area contributed by atoms with Crippen LogP contribution >= 0.6 is 0 Å². The molecule has 0 unspecified atom stereocenters. The molecule has 7 nitrogen and oxygen atoms in total. The summed E-state index contributed by atoms with van der Waals surface area (Å²) in [5, 5.41) is 2.89. The largest absolute Gasteiger partial charge is 0.497 e. The zero-order valence-electron chi connectivity index (χ0n) is 14.0. The van der Waals surface area contributed by atoms with Crippen LogP contribution < -0.4 is 15.5 Å². The van der Waals surface area contributed by atoms with Gasteiger partial charge in [-0.15, -0.1) is 0 Å². The first-order valence-corrected chi connectivity index (χ1v) is 8.26. The van der Waals surface area contributed by atoms with E-state index in [1.54, 1.807) is 23.1 Å². The Balaban J connectivity index is 1.73. The zero-order valence-corrected chi connectivity index (χ0v) is 14.0. The molecule has 1 saturated heterocycles. The number of hydrogen-bond donors (Lipinski definition) is 1. The molecular weight excluding hydrogens is 324 g/mol. The second-order valence-electron chi connectivity index (χ2n) is 5.96. The molecule has 25 heavy (non-hydrogen) atoms. The van der Waals surface area contributed by atoms with Crippen molar-refractivity contribution in [1.29, 1.82) is 0 Å². The van der Waals surface area contributed by atoms with Gasteiger partial charge in [-0.25, -0.2) is 0 Å². The molecule has 0 atom stereocenters. The van der Waals surface area contributed by atoms with Crippen molar-refractivity contribution in [1.82, 2.24) is 10.2 Å². The van der Waals surface area contributed by atoms with Crippen LogP contribution in [0.5, 0.6) is 5.75 Å². The molecule has 1 fully saturated rings. The summed E-state index contributed by atoms with van der Waals surface area (Å²) >= 11 is 0. The Bertz CT molecular complexity index is 852. The molecule has 0 spiro atoms. The van der Waals surface area contributed by atoms with E-state index in [9.17, 15) is 14.4 Å². The van der Waals surface area contributed by atoms with Crippen LogP contribution in [0.3, 0.4) is 0 Å². The number of methoxy groups -OCH3 is 1. The van der Waals surface area contributed by atoms with E-state index in [-0.39, 0.29) is 29.2 Å². The Labute approximate surface area is 144 Å². The molecule has 0 saturated carbocycles. The number of benzene rings is 1. The van der Waals surface area contributed by atoms with Gasteiger partial charge in [0.2, 0.25) is 5.91 Å². The van der Waals surface area contributed by atoms with Gasteiger partial charge < -0.3 is 19.4 Å². The molecule has 0 radical (unpaired) electrons. The van der Waals surface area contributed by atoms with Crippen molar-refractivity contribution in [3.8, 4) is 5.75 Å². The molecule has 132 valence electrons. The first kappa shape index (κ1) is 17.0. The van der Waals surface area contributed by atoms with E-state index in [1.807, 2.05) is 0 Å². The lowest BCUT2D eigenvalue weighted by molar-refractivity contribution is -0.130. The number of hydrogen-bond acceptors (Lipinski definition) is 5. The maximum atomic E-state index is 12.2. The normalized spacial score (nSPS) is 14.4. The third-order valence-electron chi connectivity index (χ3n) is 4.27. The molecule has 1 aliphatic heterocycles. The standard InChI is InChI=1S/C18H20N2O5/c1-24-12-5-6-13-14(21)10-16(25-15(13)9-12)18(23)19-11-17(22)20-7-3-2-4-8-20/h5-6,9-10H,2-4,7-8,11H2,1H3,(H,19,23). The maximum Gasteiger partial charge on any atom is 0.287 e. The number of likely N-dealkylation sites (tertiary alicyclic amines) is 1. The highest BCUT2D eigenvalue weighted by Gasteiger charge is 2.18. The third kappa shape index (κ3) is 3.81. The predicted molar refractivity (Wildman–Crippen MR) is 91.8 cm³/mol. The Morgan fingerprint density at radius 1 is 1.20 bits per heavy atom. The van der Waals surface area contributed by atoms with Gasteiger partial charge in [-0.05, 0) is 31.4 Å². The number of amides is 2. The summed E-state index contributed by atoms with van der Waals surface area (Å²) < 4.78 is 10.6. The van der Waals surface area contributed by atoms with Crippen molar-refractivity contribution in [2.45, 2.75) is 19.3 Å². The summed E-state index contributed by atoms with van der Waals surface area (Å²) in [6.07, 6.45) is 3.10. The average molecular weight is 344 g/mol. The van der Waals surface area contributed by atoms with E-state index in [1.165, 1.54) is 7.11 Å². The van der Waals surface area contributed by atoms with Gasteiger partial charge in [0.1, 0.15) is 11.3 Å². The van der Waals surface area contributed by atoms with E-state index in [2.05, 4.69) is 5.32 Å². The van der Waals surface area contributed by atoms with Crippen LogP contribution in [0, 0.1) is 0 Å². The van der Waals surface area contributed by atoms with Crippen molar-refractivity contribution in [3.05, 3.63) is 40.2 Å². The summed E-state index contributed by atoms with van der Waals surface area (Å²) in [6.45, 7) is 1.33. The van der Waals surface area contributed by atoms with Crippen molar-refractivity contribution >= 4 is 22.8 Å². The third-order valence-corrected chi connectivity index (χ3v) is 4.27. The van der Waals surface area contributed by atoms with E-state index in [0.29, 0.717) is 11.1 Å². The number of nitrogens with zero attached hydrogens (tertiary/aromatic N) is 1. The lowest BCUT2D eigenvalue weighted by atomic mass is 10.1. The van der Waals surface area contributed by atoms with Gasteiger partial charge in [0.15, 0.2) is 11.2 Å². The summed E-state index contributed by atoms with van der Waals surface area (Å²) in [5.41, 5.74) is -0.0595. The second-order valence-corrected chi connectivity index (χ2v) is 5.96. The second kappa shape index (κ2) is 7.38. The van der Waals surface area contributed by atoms with Crippen LogP contribution in [0.1, 0.15) is 29.8 Å². The fourth-order valence-electron chi connectivity index (χ4n) is 2.87. The minimum atomic E-state index is -0.591. The quantitative estimate of drug-likeness (QED) is 0.909. The minimum absolute atomic E-state index is 0.112. The molecule has 1 aromatic carbocycles. The molecule has 1 aliphatic rings. The molecule has 1 aromatic heterocycles. The van der Waals surface area contributed by atoms with Gasteiger partial charge in [-0.1, -0.05) is 0 Å². The van der Waals surface area contributed by atoms with Gasteiger partial charge in [0.25, 0.3) is 5.91 Å². The highest BCUT2D eigenvalue weighted by molar-refractivity contribution is 5.95. The first-order chi connectivity index (χ1) is 12.1. The Hall–Kier alpha value is -2.83. The van der Waals surface area contributed by atoms with Crippen molar-refractivity contribution in [3.63, 3.8) is 0 Å². The fourth-order valence-corrected chi connectivity index (χ4v) is 2.87. The molecular formula is C18H20N2O5.